The summed E-state index contributed by atoms with van der Waals surface area (Å²) in [4.78, 5) is 18.3. The fourth-order valence-corrected chi connectivity index (χ4v) is 3.03. The lowest BCUT2D eigenvalue weighted by molar-refractivity contribution is -0.137. The highest BCUT2D eigenvalue weighted by Crippen LogP contribution is 2.12. The average Bonchev–Trinajstić information content (AvgIpc) is 3.17. The van der Waals surface area contributed by atoms with E-state index in [0.717, 1.165) is 18.5 Å². The lowest BCUT2D eigenvalue weighted by Crippen LogP contribution is -2.02. The fraction of sp³-hybridized carbons (Fsp3) is 0.727. The Hall–Kier alpha value is -1.58. The van der Waals surface area contributed by atoms with Crippen molar-refractivity contribution in [3.8, 4) is 0 Å². The molecule has 148 valence electrons. The van der Waals surface area contributed by atoms with Crippen molar-refractivity contribution < 1.29 is 9.53 Å². The smallest absolute Gasteiger partial charge is 0.330 e. The number of aromatic nitrogens is 2. The van der Waals surface area contributed by atoms with Gasteiger partial charge in [0.15, 0.2) is 0 Å². The van der Waals surface area contributed by atoms with Crippen LogP contribution in [0.15, 0.2) is 18.6 Å². The maximum absolute atomic E-state index is 11.5. The van der Waals surface area contributed by atoms with E-state index in [-0.39, 0.29) is 5.97 Å². The first-order valence-corrected chi connectivity index (χ1v) is 10.7. The molecule has 0 spiro atoms. The van der Waals surface area contributed by atoms with Gasteiger partial charge in [-0.1, -0.05) is 90.4 Å². The Labute approximate surface area is 159 Å². The molecule has 1 aromatic heterocycles. The highest BCUT2D eigenvalue weighted by molar-refractivity contribution is 5.86. The van der Waals surface area contributed by atoms with Gasteiger partial charge in [-0.15, -0.1) is 0 Å². The molecule has 1 heterocycles. The SMILES string of the molecule is CCCCCCCCCCCCCCCCOC(=O)/C=C/c1cnc[nH]1. The Bertz CT molecular complexity index is 455. The van der Waals surface area contributed by atoms with Gasteiger partial charge < -0.3 is 9.72 Å². The summed E-state index contributed by atoms with van der Waals surface area (Å²) in [5, 5.41) is 0. The van der Waals surface area contributed by atoms with Gasteiger partial charge in [0.05, 0.1) is 24.8 Å². The van der Waals surface area contributed by atoms with E-state index < -0.39 is 0 Å². The van der Waals surface area contributed by atoms with Crippen LogP contribution in [0.5, 0.6) is 0 Å². The number of unbranched alkanes of at least 4 members (excludes halogenated alkanes) is 13. The number of carbonyl (C=O) groups is 1. The molecule has 0 unspecified atom stereocenters. The predicted molar refractivity (Wildman–Crippen MR) is 109 cm³/mol. The highest BCUT2D eigenvalue weighted by atomic mass is 16.5. The first-order chi connectivity index (χ1) is 12.8. The van der Waals surface area contributed by atoms with Gasteiger partial charge in [-0.2, -0.15) is 0 Å². The number of rotatable bonds is 17. The van der Waals surface area contributed by atoms with Crippen LogP contribution in [0, 0.1) is 0 Å². The number of hydrogen-bond acceptors (Lipinski definition) is 3. The number of esters is 1. The van der Waals surface area contributed by atoms with Crippen molar-refractivity contribution in [3.63, 3.8) is 0 Å². The molecule has 0 atom stereocenters. The minimum atomic E-state index is -0.283. The van der Waals surface area contributed by atoms with E-state index in [2.05, 4.69) is 16.9 Å². The van der Waals surface area contributed by atoms with E-state index in [1.807, 2.05) is 0 Å². The third kappa shape index (κ3) is 13.7. The molecule has 0 saturated heterocycles. The maximum atomic E-state index is 11.5. The number of nitrogens with zero attached hydrogens (tertiary/aromatic N) is 1. The maximum Gasteiger partial charge on any atom is 0.330 e. The third-order valence-corrected chi connectivity index (χ3v) is 4.66. The molecule has 4 nitrogen and oxygen atoms in total. The quantitative estimate of drug-likeness (QED) is 0.197. The standard InChI is InChI=1S/C22H38N2O2/c1-2-3-4-5-6-7-8-9-10-11-12-13-14-15-18-26-22(25)17-16-21-19-23-20-24-21/h16-17,19-20H,2-15,18H2,1H3,(H,23,24)/b17-16+. The second-order valence-corrected chi connectivity index (χ2v) is 7.10. The van der Waals surface area contributed by atoms with Crippen LogP contribution in [-0.2, 0) is 9.53 Å². The zero-order valence-electron chi connectivity index (χ0n) is 16.7. The molecule has 0 bridgehead atoms. The highest BCUT2D eigenvalue weighted by Gasteiger charge is 1.98. The topological polar surface area (TPSA) is 55.0 Å². The van der Waals surface area contributed by atoms with Gasteiger partial charge in [-0.25, -0.2) is 9.78 Å². The van der Waals surface area contributed by atoms with E-state index in [9.17, 15) is 4.79 Å². The van der Waals surface area contributed by atoms with Crippen LogP contribution < -0.4 is 0 Å². The molecule has 4 heteroatoms. The molecule has 0 aliphatic carbocycles. The van der Waals surface area contributed by atoms with Crippen molar-refractivity contribution >= 4 is 12.0 Å². The first-order valence-electron chi connectivity index (χ1n) is 10.7. The van der Waals surface area contributed by atoms with Crippen LogP contribution in [0.4, 0.5) is 0 Å². The van der Waals surface area contributed by atoms with Crippen molar-refractivity contribution in [3.05, 3.63) is 24.3 Å². The molecule has 0 aliphatic rings. The van der Waals surface area contributed by atoms with E-state index in [1.54, 1.807) is 18.6 Å². The van der Waals surface area contributed by atoms with Gasteiger partial charge >= 0.3 is 5.97 Å². The van der Waals surface area contributed by atoms with Crippen molar-refractivity contribution in [2.45, 2.75) is 96.8 Å². The van der Waals surface area contributed by atoms with Gasteiger partial charge in [-0.05, 0) is 12.5 Å². The molecule has 0 aromatic carbocycles. The summed E-state index contributed by atoms with van der Waals surface area (Å²) in [5.74, 6) is -0.283. The van der Waals surface area contributed by atoms with Gasteiger partial charge in [0.2, 0.25) is 0 Å². The zero-order chi connectivity index (χ0) is 18.7. The second-order valence-electron chi connectivity index (χ2n) is 7.10. The van der Waals surface area contributed by atoms with Gasteiger partial charge in [0.1, 0.15) is 0 Å². The summed E-state index contributed by atoms with van der Waals surface area (Å²) < 4.78 is 5.19. The number of ether oxygens (including phenoxy) is 1. The van der Waals surface area contributed by atoms with Crippen LogP contribution >= 0.6 is 0 Å². The molecule has 1 N–H and O–H groups in total. The Balaban J connectivity index is 1.77. The molecule has 0 radical (unpaired) electrons. The summed E-state index contributed by atoms with van der Waals surface area (Å²) in [5.41, 5.74) is 0.804. The van der Waals surface area contributed by atoms with Crippen LogP contribution in [0.1, 0.15) is 103 Å². The largest absolute Gasteiger partial charge is 0.463 e. The third-order valence-electron chi connectivity index (χ3n) is 4.66. The summed E-state index contributed by atoms with van der Waals surface area (Å²) in [7, 11) is 0. The summed E-state index contributed by atoms with van der Waals surface area (Å²) in [6, 6.07) is 0. The minimum absolute atomic E-state index is 0.283. The van der Waals surface area contributed by atoms with Crippen molar-refractivity contribution in [2.75, 3.05) is 6.61 Å². The predicted octanol–water partition coefficient (Wildman–Crippen LogP) is 6.45. The van der Waals surface area contributed by atoms with E-state index in [0.29, 0.717) is 6.61 Å². The van der Waals surface area contributed by atoms with Crippen molar-refractivity contribution in [2.24, 2.45) is 0 Å². The lowest BCUT2D eigenvalue weighted by atomic mass is 10.0. The van der Waals surface area contributed by atoms with E-state index in [1.165, 1.54) is 83.1 Å². The molecule has 1 aromatic rings. The van der Waals surface area contributed by atoms with Crippen LogP contribution in [0.3, 0.4) is 0 Å². The summed E-state index contributed by atoms with van der Waals surface area (Å²) in [6.45, 7) is 2.79. The molecule has 0 saturated carbocycles. The molecule has 1 rings (SSSR count). The number of imidazole rings is 1. The Morgan fingerprint density at radius 3 is 1.96 bits per heavy atom. The lowest BCUT2D eigenvalue weighted by Gasteiger charge is -2.04. The van der Waals surface area contributed by atoms with Gasteiger partial charge in [0.25, 0.3) is 0 Å². The average molecular weight is 363 g/mol. The number of H-pyrrole nitrogens is 1. The number of nitrogens with one attached hydrogen (secondary N) is 1. The second kappa shape index (κ2) is 16.9. The monoisotopic (exact) mass is 362 g/mol. The van der Waals surface area contributed by atoms with Crippen LogP contribution in [0.2, 0.25) is 0 Å². The summed E-state index contributed by atoms with van der Waals surface area (Å²) in [6.07, 6.45) is 25.0. The number of carbonyl (C=O) groups excluding carboxylic acids is 1. The summed E-state index contributed by atoms with van der Waals surface area (Å²) >= 11 is 0. The Morgan fingerprint density at radius 2 is 1.46 bits per heavy atom. The fourth-order valence-electron chi connectivity index (χ4n) is 3.03. The minimum Gasteiger partial charge on any atom is -0.463 e. The van der Waals surface area contributed by atoms with Crippen molar-refractivity contribution in [1.29, 1.82) is 0 Å². The molecular weight excluding hydrogens is 324 g/mol. The molecule has 26 heavy (non-hydrogen) atoms. The number of hydrogen-bond donors (Lipinski definition) is 1. The van der Waals surface area contributed by atoms with E-state index >= 15 is 0 Å². The van der Waals surface area contributed by atoms with Crippen LogP contribution in [0.25, 0.3) is 6.08 Å². The van der Waals surface area contributed by atoms with Gasteiger partial charge in [-0.3, -0.25) is 0 Å². The van der Waals surface area contributed by atoms with Crippen molar-refractivity contribution in [1.82, 2.24) is 9.97 Å². The Morgan fingerprint density at radius 1 is 0.923 bits per heavy atom. The molecule has 0 fully saturated rings. The van der Waals surface area contributed by atoms with Gasteiger partial charge in [0, 0.05) is 6.08 Å². The molecular formula is C22H38N2O2. The number of aromatic amines is 1. The molecule has 0 amide bonds. The zero-order valence-corrected chi connectivity index (χ0v) is 16.7. The molecule has 0 aliphatic heterocycles. The van der Waals surface area contributed by atoms with E-state index in [4.69, 9.17) is 4.74 Å². The normalized spacial score (nSPS) is 11.3. The Kier molecular flexibility index (Phi) is 14.6. The first kappa shape index (κ1) is 22.5. The van der Waals surface area contributed by atoms with Crippen LogP contribution in [-0.4, -0.2) is 22.5 Å².